The normalized spacial score (nSPS) is 44.3. The maximum absolute atomic E-state index is 13.5. The Kier molecular flexibility index (Phi) is 6.54. The van der Waals surface area contributed by atoms with Crippen molar-refractivity contribution in [2.24, 2.45) is 52.3 Å². The summed E-state index contributed by atoms with van der Waals surface area (Å²) in [5.74, 6) is 4.90. The van der Waals surface area contributed by atoms with Crippen LogP contribution in [0.25, 0.3) is 0 Å². The van der Waals surface area contributed by atoms with Gasteiger partial charge in [0.05, 0.1) is 6.10 Å². The summed E-state index contributed by atoms with van der Waals surface area (Å²) in [7, 11) is 0. The molecule has 1 N–H and O–H groups in total. The Bertz CT molecular complexity index is 708. The minimum Gasteiger partial charge on any atom is -0.393 e. The summed E-state index contributed by atoms with van der Waals surface area (Å²) in [6.07, 6.45) is 13.5. The van der Waals surface area contributed by atoms with Gasteiger partial charge in [0, 0.05) is 5.92 Å². The van der Waals surface area contributed by atoms with Gasteiger partial charge >= 0.3 is 0 Å². The Morgan fingerprint density at radius 1 is 1.03 bits per heavy atom. The quantitative estimate of drug-likeness (QED) is 0.485. The summed E-state index contributed by atoms with van der Waals surface area (Å²) in [5, 5.41) is 10.2. The topological polar surface area (TPSA) is 37.3 Å². The second-order valence-electron chi connectivity index (χ2n) is 12.8. The second-order valence-corrected chi connectivity index (χ2v) is 12.8. The first-order chi connectivity index (χ1) is 14.6. The van der Waals surface area contributed by atoms with E-state index in [9.17, 15) is 9.90 Å². The molecule has 176 valence electrons. The molecule has 0 saturated heterocycles. The molecule has 9 atom stereocenters. The monoisotopic (exact) mass is 428 g/mol. The van der Waals surface area contributed by atoms with Gasteiger partial charge in [-0.05, 0) is 104 Å². The molecule has 0 aromatic heterocycles. The van der Waals surface area contributed by atoms with Gasteiger partial charge in [0.15, 0.2) is 5.78 Å². The highest BCUT2D eigenvalue weighted by molar-refractivity contribution is 5.94. The number of carbonyl (C=O) groups excluding carboxylic acids is 1. The number of carbonyl (C=O) groups is 1. The van der Waals surface area contributed by atoms with E-state index in [1.165, 1.54) is 50.5 Å². The highest BCUT2D eigenvalue weighted by Crippen LogP contribution is 2.66. The molecule has 4 aliphatic carbocycles. The van der Waals surface area contributed by atoms with E-state index in [0.717, 1.165) is 42.9 Å². The van der Waals surface area contributed by atoms with E-state index in [-0.39, 0.29) is 17.4 Å². The zero-order chi connectivity index (χ0) is 22.6. The van der Waals surface area contributed by atoms with E-state index in [2.05, 4.69) is 41.5 Å². The highest BCUT2D eigenvalue weighted by atomic mass is 16.3. The van der Waals surface area contributed by atoms with Crippen molar-refractivity contribution >= 4 is 5.78 Å². The summed E-state index contributed by atoms with van der Waals surface area (Å²) in [6, 6.07) is 0. The summed E-state index contributed by atoms with van der Waals surface area (Å²) in [5.41, 5.74) is 1.75. The first-order valence-corrected chi connectivity index (χ1v) is 13.5. The van der Waals surface area contributed by atoms with E-state index in [0.29, 0.717) is 23.0 Å². The lowest BCUT2D eigenvalue weighted by atomic mass is 9.46. The van der Waals surface area contributed by atoms with Gasteiger partial charge in [-0.25, -0.2) is 0 Å². The average molecular weight is 429 g/mol. The van der Waals surface area contributed by atoms with Gasteiger partial charge in [-0.2, -0.15) is 0 Å². The summed E-state index contributed by atoms with van der Waals surface area (Å²) >= 11 is 0. The molecule has 2 heteroatoms. The molecule has 3 saturated carbocycles. The number of rotatable bonds is 6. The van der Waals surface area contributed by atoms with Gasteiger partial charge in [0.25, 0.3) is 0 Å². The van der Waals surface area contributed by atoms with Crippen molar-refractivity contribution in [3.05, 3.63) is 11.6 Å². The Labute approximate surface area is 191 Å². The number of hydrogen-bond acceptors (Lipinski definition) is 2. The molecule has 0 amide bonds. The van der Waals surface area contributed by atoms with Crippen LogP contribution in [0.2, 0.25) is 0 Å². The molecule has 0 aromatic rings. The van der Waals surface area contributed by atoms with Crippen LogP contribution in [0.5, 0.6) is 0 Å². The van der Waals surface area contributed by atoms with Crippen LogP contribution in [0.3, 0.4) is 0 Å². The fraction of sp³-hybridized carbons (Fsp3) is 0.897. The van der Waals surface area contributed by atoms with E-state index in [1.807, 2.05) is 6.08 Å². The van der Waals surface area contributed by atoms with Crippen molar-refractivity contribution in [3.8, 4) is 0 Å². The number of ketones is 1. The average Bonchev–Trinajstić information content (AvgIpc) is 3.06. The molecule has 3 fully saturated rings. The number of aliphatic hydroxyl groups excluding tert-OH is 1. The molecule has 0 spiro atoms. The molecule has 0 aliphatic heterocycles. The predicted molar refractivity (Wildman–Crippen MR) is 129 cm³/mol. The van der Waals surface area contributed by atoms with E-state index in [1.54, 1.807) is 0 Å². The molecule has 7 unspecified atom stereocenters. The van der Waals surface area contributed by atoms with Crippen molar-refractivity contribution in [3.63, 3.8) is 0 Å². The lowest BCUT2D eigenvalue weighted by Gasteiger charge is -2.57. The molecular formula is C29H48O2. The zero-order valence-corrected chi connectivity index (χ0v) is 21.1. The van der Waals surface area contributed by atoms with Crippen molar-refractivity contribution in [2.75, 3.05) is 0 Å². The largest absolute Gasteiger partial charge is 0.393 e. The first kappa shape index (κ1) is 23.5. The molecular weight excluding hydrogens is 380 g/mol. The number of allylic oxidation sites excluding steroid dienone is 1. The zero-order valence-electron chi connectivity index (χ0n) is 21.1. The Morgan fingerprint density at radius 3 is 2.45 bits per heavy atom. The second kappa shape index (κ2) is 8.62. The summed E-state index contributed by atoms with van der Waals surface area (Å²) in [6.45, 7) is 14.6. The molecule has 31 heavy (non-hydrogen) atoms. The van der Waals surface area contributed by atoms with Gasteiger partial charge in [-0.1, -0.05) is 60.0 Å². The Hall–Kier alpha value is -0.630. The smallest absolute Gasteiger partial charge is 0.159 e. The van der Waals surface area contributed by atoms with Gasteiger partial charge in [0.1, 0.15) is 0 Å². The van der Waals surface area contributed by atoms with Gasteiger partial charge in [-0.3, -0.25) is 4.79 Å². The number of aliphatic hydroxyl groups is 1. The molecule has 2 nitrogen and oxygen atoms in total. The lowest BCUT2D eigenvalue weighted by molar-refractivity contribution is -0.135. The van der Waals surface area contributed by atoms with Crippen LogP contribution in [0.1, 0.15) is 106 Å². The fourth-order valence-electron chi connectivity index (χ4n) is 9.04. The summed E-state index contributed by atoms with van der Waals surface area (Å²) < 4.78 is 0. The Morgan fingerprint density at radius 2 is 1.77 bits per heavy atom. The lowest BCUT2D eigenvalue weighted by Crippen LogP contribution is -2.53. The van der Waals surface area contributed by atoms with Crippen LogP contribution in [-0.4, -0.2) is 17.0 Å². The first-order valence-electron chi connectivity index (χ1n) is 13.5. The van der Waals surface area contributed by atoms with Crippen LogP contribution in [0, 0.1) is 52.3 Å². The predicted octanol–water partition coefficient (Wildman–Crippen LogP) is 7.20. The van der Waals surface area contributed by atoms with Crippen LogP contribution in [0.4, 0.5) is 0 Å². The van der Waals surface area contributed by atoms with Crippen molar-refractivity contribution in [1.82, 2.24) is 0 Å². The molecule has 0 heterocycles. The maximum atomic E-state index is 13.5. The van der Waals surface area contributed by atoms with Gasteiger partial charge < -0.3 is 5.11 Å². The molecule has 4 aliphatic rings. The summed E-state index contributed by atoms with van der Waals surface area (Å²) in [4.78, 5) is 13.5. The molecule has 0 bridgehead atoms. The third kappa shape index (κ3) is 3.87. The van der Waals surface area contributed by atoms with Crippen LogP contribution in [-0.2, 0) is 4.79 Å². The van der Waals surface area contributed by atoms with Gasteiger partial charge in [0.2, 0.25) is 0 Å². The minimum absolute atomic E-state index is 0.147. The SMILES string of the molecule is CCC(CCC(C)C1CCC2C3C(=O)C=C4CC(O)CC[C@]4(C)C3CC[C@]12C)C(C)C. The minimum atomic E-state index is -0.243. The number of hydrogen-bond donors (Lipinski definition) is 1. The maximum Gasteiger partial charge on any atom is 0.159 e. The Balaban J connectivity index is 1.52. The van der Waals surface area contributed by atoms with Crippen LogP contribution >= 0.6 is 0 Å². The molecule has 0 aromatic carbocycles. The standard InChI is InChI=1S/C29H48O2/c1-7-20(18(2)3)9-8-19(4)23-10-11-24-27-25(13-15-29(23,24)6)28(5)14-12-22(30)16-21(28)17-26(27)31/h17-20,22-25,27,30H,7-16H2,1-6H3/t19?,20?,22?,23?,24?,25?,27?,28-,29+/m0/s1. The van der Waals surface area contributed by atoms with Crippen molar-refractivity contribution in [1.29, 1.82) is 0 Å². The van der Waals surface area contributed by atoms with E-state index >= 15 is 0 Å². The molecule has 0 radical (unpaired) electrons. The van der Waals surface area contributed by atoms with Gasteiger partial charge in [-0.15, -0.1) is 0 Å². The van der Waals surface area contributed by atoms with E-state index < -0.39 is 0 Å². The van der Waals surface area contributed by atoms with Crippen molar-refractivity contribution in [2.45, 2.75) is 112 Å². The third-order valence-electron chi connectivity index (χ3n) is 11.1. The van der Waals surface area contributed by atoms with Crippen LogP contribution in [0.15, 0.2) is 11.6 Å². The third-order valence-corrected chi connectivity index (χ3v) is 11.1. The molecule has 4 rings (SSSR count). The highest BCUT2D eigenvalue weighted by Gasteiger charge is 2.61. The fourth-order valence-corrected chi connectivity index (χ4v) is 9.04. The van der Waals surface area contributed by atoms with Crippen molar-refractivity contribution < 1.29 is 9.90 Å². The van der Waals surface area contributed by atoms with E-state index in [4.69, 9.17) is 0 Å². The number of fused-ring (bicyclic) bond motifs is 5. The van der Waals surface area contributed by atoms with Crippen LogP contribution < -0.4 is 0 Å².